The number of ether oxygens (including phenoxy) is 1. The first kappa shape index (κ1) is 17.2. The van der Waals surface area contributed by atoms with Gasteiger partial charge in [-0.2, -0.15) is 0 Å². The standard InChI is InChI=1S/C19H24N4O2/c1-22(14-15-6-4-3-5-7-15)19(24)16-10-12-23(13-11-16)17-8-9-18(25-2)21-20-17/h3-9,16H,10-14H2,1-2H3. The molecule has 0 aliphatic carbocycles. The maximum Gasteiger partial charge on any atom is 0.233 e. The molecule has 132 valence electrons. The summed E-state index contributed by atoms with van der Waals surface area (Å²) in [4.78, 5) is 16.7. The molecule has 0 radical (unpaired) electrons. The maximum absolute atomic E-state index is 12.7. The minimum atomic E-state index is 0.0798. The van der Waals surface area contributed by atoms with E-state index in [1.807, 2.05) is 42.3 Å². The van der Waals surface area contributed by atoms with Crippen LogP contribution >= 0.6 is 0 Å². The van der Waals surface area contributed by atoms with Crippen molar-refractivity contribution in [2.75, 3.05) is 32.1 Å². The molecule has 1 aliphatic rings. The molecule has 0 spiro atoms. The molecule has 1 aliphatic heterocycles. The van der Waals surface area contributed by atoms with Gasteiger partial charge >= 0.3 is 0 Å². The summed E-state index contributed by atoms with van der Waals surface area (Å²) in [6.07, 6.45) is 1.68. The third-order valence-corrected chi connectivity index (χ3v) is 4.64. The number of hydrogen-bond acceptors (Lipinski definition) is 5. The minimum Gasteiger partial charge on any atom is -0.480 e. The van der Waals surface area contributed by atoms with E-state index in [2.05, 4.69) is 27.2 Å². The van der Waals surface area contributed by atoms with Gasteiger partial charge in [0.1, 0.15) is 0 Å². The summed E-state index contributed by atoms with van der Waals surface area (Å²) in [5.74, 6) is 1.65. The monoisotopic (exact) mass is 340 g/mol. The summed E-state index contributed by atoms with van der Waals surface area (Å²) in [5.41, 5.74) is 1.16. The summed E-state index contributed by atoms with van der Waals surface area (Å²) in [6, 6.07) is 13.8. The Morgan fingerprint density at radius 3 is 2.48 bits per heavy atom. The van der Waals surface area contributed by atoms with Crippen LogP contribution in [0.2, 0.25) is 0 Å². The lowest BCUT2D eigenvalue weighted by molar-refractivity contribution is -0.135. The summed E-state index contributed by atoms with van der Waals surface area (Å²) in [7, 11) is 3.46. The highest BCUT2D eigenvalue weighted by atomic mass is 16.5. The van der Waals surface area contributed by atoms with Crippen molar-refractivity contribution >= 4 is 11.7 Å². The van der Waals surface area contributed by atoms with Gasteiger partial charge in [-0.05, 0) is 24.5 Å². The molecule has 0 N–H and O–H groups in total. The van der Waals surface area contributed by atoms with Crippen LogP contribution in [0.4, 0.5) is 5.82 Å². The zero-order valence-corrected chi connectivity index (χ0v) is 14.8. The third-order valence-electron chi connectivity index (χ3n) is 4.64. The van der Waals surface area contributed by atoms with E-state index in [0.29, 0.717) is 12.4 Å². The highest BCUT2D eigenvalue weighted by Crippen LogP contribution is 2.24. The van der Waals surface area contributed by atoms with Crippen LogP contribution in [-0.2, 0) is 11.3 Å². The first-order valence-electron chi connectivity index (χ1n) is 8.59. The molecule has 1 saturated heterocycles. The van der Waals surface area contributed by atoms with E-state index in [-0.39, 0.29) is 11.8 Å². The second-order valence-corrected chi connectivity index (χ2v) is 6.38. The molecule has 1 fully saturated rings. The van der Waals surface area contributed by atoms with E-state index >= 15 is 0 Å². The van der Waals surface area contributed by atoms with E-state index in [0.717, 1.165) is 37.3 Å². The lowest BCUT2D eigenvalue weighted by Gasteiger charge is -2.33. The van der Waals surface area contributed by atoms with Crippen LogP contribution in [0.25, 0.3) is 0 Å². The number of hydrogen-bond donors (Lipinski definition) is 0. The molecule has 2 heterocycles. The van der Waals surface area contributed by atoms with Gasteiger partial charge in [-0.25, -0.2) is 0 Å². The van der Waals surface area contributed by atoms with Crippen molar-refractivity contribution in [3.63, 3.8) is 0 Å². The van der Waals surface area contributed by atoms with Crippen molar-refractivity contribution < 1.29 is 9.53 Å². The van der Waals surface area contributed by atoms with Gasteiger partial charge < -0.3 is 14.5 Å². The third kappa shape index (κ3) is 4.26. The summed E-state index contributed by atoms with van der Waals surface area (Å²) >= 11 is 0. The van der Waals surface area contributed by atoms with Crippen molar-refractivity contribution in [1.29, 1.82) is 0 Å². The first-order valence-corrected chi connectivity index (χ1v) is 8.59. The number of carbonyl (C=O) groups is 1. The predicted octanol–water partition coefficient (Wildman–Crippen LogP) is 2.36. The molecule has 2 aromatic rings. The second-order valence-electron chi connectivity index (χ2n) is 6.38. The number of methoxy groups -OCH3 is 1. The lowest BCUT2D eigenvalue weighted by atomic mass is 9.95. The average Bonchev–Trinajstić information content (AvgIpc) is 2.68. The average molecular weight is 340 g/mol. The van der Waals surface area contributed by atoms with E-state index in [4.69, 9.17) is 4.74 Å². The number of anilines is 1. The zero-order chi connectivity index (χ0) is 17.6. The Balaban J connectivity index is 1.53. The van der Waals surface area contributed by atoms with Crippen molar-refractivity contribution in [3.05, 3.63) is 48.0 Å². The van der Waals surface area contributed by atoms with E-state index in [9.17, 15) is 4.79 Å². The molecule has 0 unspecified atom stereocenters. The van der Waals surface area contributed by atoms with E-state index in [1.165, 1.54) is 0 Å². The topological polar surface area (TPSA) is 58.6 Å². The fourth-order valence-electron chi connectivity index (χ4n) is 3.19. The number of benzene rings is 1. The summed E-state index contributed by atoms with van der Waals surface area (Å²) < 4.78 is 5.04. The van der Waals surface area contributed by atoms with Gasteiger partial charge in [0, 0.05) is 38.7 Å². The highest BCUT2D eigenvalue weighted by molar-refractivity contribution is 5.79. The molecular weight excluding hydrogens is 316 g/mol. The van der Waals surface area contributed by atoms with Gasteiger partial charge in [0.25, 0.3) is 0 Å². The zero-order valence-electron chi connectivity index (χ0n) is 14.8. The van der Waals surface area contributed by atoms with Gasteiger partial charge in [-0.15, -0.1) is 10.2 Å². The predicted molar refractivity (Wildman–Crippen MR) is 96.4 cm³/mol. The molecule has 1 aromatic heterocycles. The largest absolute Gasteiger partial charge is 0.480 e. The first-order chi connectivity index (χ1) is 12.2. The molecule has 0 saturated carbocycles. The van der Waals surface area contributed by atoms with Crippen molar-refractivity contribution in [2.45, 2.75) is 19.4 Å². The Morgan fingerprint density at radius 1 is 1.16 bits per heavy atom. The number of rotatable bonds is 5. The second kappa shape index (κ2) is 7.96. The Kier molecular flexibility index (Phi) is 5.48. The molecule has 25 heavy (non-hydrogen) atoms. The molecule has 6 heteroatoms. The summed E-state index contributed by atoms with van der Waals surface area (Å²) in [5, 5.41) is 8.20. The number of aromatic nitrogens is 2. The van der Waals surface area contributed by atoms with Crippen molar-refractivity contribution in [1.82, 2.24) is 15.1 Å². The molecule has 0 bridgehead atoms. The molecule has 1 amide bonds. The summed E-state index contributed by atoms with van der Waals surface area (Å²) in [6.45, 7) is 2.29. The van der Waals surface area contributed by atoms with Crippen LogP contribution in [-0.4, -0.2) is 48.3 Å². The maximum atomic E-state index is 12.7. The SMILES string of the molecule is COc1ccc(N2CCC(C(=O)N(C)Cc3ccccc3)CC2)nn1. The van der Waals surface area contributed by atoms with Crippen LogP contribution in [0.5, 0.6) is 5.88 Å². The van der Waals surface area contributed by atoms with Crippen LogP contribution in [0, 0.1) is 5.92 Å². The highest BCUT2D eigenvalue weighted by Gasteiger charge is 2.27. The smallest absolute Gasteiger partial charge is 0.233 e. The molecule has 0 atom stereocenters. The fraction of sp³-hybridized carbons (Fsp3) is 0.421. The number of carbonyl (C=O) groups excluding carboxylic acids is 1. The van der Waals surface area contributed by atoms with Gasteiger partial charge in [0.15, 0.2) is 5.82 Å². The van der Waals surface area contributed by atoms with Gasteiger partial charge in [-0.3, -0.25) is 4.79 Å². The van der Waals surface area contributed by atoms with Gasteiger partial charge in [0.2, 0.25) is 11.8 Å². The van der Waals surface area contributed by atoms with Crippen molar-refractivity contribution in [3.8, 4) is 5.88 Å². The Hall–Kier alpha value is -2.63. The number of nitrogens with zero attached hydrogens (tertiary/aromatic N) is 4. The molecule has 6 nitrogen and oxygen atoms in total. The quantitative estimate of drug-likeness (QED) is 0.836. The normalized spacial score (nSPS) is 15.0. The Morgan fingerprint density at radius 2 is 1.88 bits per heavy atom. The number of amides is 1. The van der Waals surface area contributed by atoms with Crippen molar-refractivity contribution in [2.24, 2.45) is 5.92 Å². The Labute approximate surface area is 148 Å². The molecular formula is C19H24N4O2. The molecule has 1 aromatic carbocycles. The van der Waals surface area contributed by atoms with Gasteiger partial charge in [-0.1, -0.05) is 30.3 Å². The Bertz CT molecular complexity index is 682. The van der Waals surface area contributed by atoms with Crippen LogP contribution in [0.1, 0.15) is 18.4 Å². The fourth-order valence-corrected chi connectivity index (χ4v) is 3.19. The van der Waals surface area contributed by atoms with E-state index < -0.39 is 0 Å². The van der Waals surface area contributed by atoms with Crippen LogP contribution in [0.3, 0.4) is 0 Å². The molecule has 3 rings (SSSR count). The van der Waals surface area contributed by atoms with E-state index in [1.54, 1.807) is 7.11 Å². The lowest BCUT2D eigenvalue weighted by Crippen LogP contribution is -2.41. The van der Waals surface area contributed by atoms with Crippen LogP contribution < -0.4 is 9.64 Å². The van der Waals surface area contributed by atoms with Gasteiger partial charge in [0.05, 0.1) is 7.11 Å². The minimum absolute atomic E-state index is 0.0798. The number of piperidine rings is 1. The van der Waals surface area contributed by atoms with Crippen LogP contribution in [0.15, 0.2) is 42.5 Å².